The molecule has 1 fully saturated rings. The minimum absolute atomic E-state index is 0.0515. The normalized spacial score (nSPS) is 18.2. The highest BCUT2D eigenvalue weighted by Gasteiger charge is 2.25. The van der Waals surface area contributed by atoms with Crippen LogP contribution in [0.15, 0.2) is 12.3 Å². The number of hydrogen-bond acceptors (Lipinski definition) is 5. The molecule has 32 heavy (non-hydrogen) atoms. The van der Waals surface area contributed by atoms with Gasteiger partial charge in [0.2, 0.25) is 5.88 Å². The first-order chi connectivity index (χ1) is 15.7. The molecule has 178 valence electrons. The third-order valence-corrected chi connectivity index (χ3v) is 6.50. The maximum atomic E-state index is 12.7. The number of carbonyl (C=O) groups excluding carboxylic acids is 1. The molecule has 0 aliphatic heterocycles. The molecule has 0 unspecified atom stereocenters. The fourth-order valence-corrected chi connectivity index (χ4v) is 4.44. The van der Waals surface area contributed by atoms with E-state index in [1.165, 1.54) is 64.0 Å². The highest BCUT2D eigenvalue weighted by atomic mass is 16.5. The van der Waals surface area contributed by atoms with Gasteiger partial charge in [0.15, 0.2) is 0 Å². The van der Waals surface area contributed by atoms with E-state index in [1.807, 2.05) is 0 Å². The van der Waals surface area contributed by atoms with Gasteiger partial charge in [-0.15, -0.1) is 0 Å². The van der Waals surface area contributed by atoms with Gasteiger partial charge >= 0.3 is 5.97 Å². The quantitative estimate of drug-likeness (QED) is 0.209. The van der Waals surface area contributed by atoms with Gasteiger partial charge in [-0.1, -0.05) is 78.1 Å². The third-order valence-electron chi connectivity index (χ3n) is 6.50. The smallest absolute Gasteiger partial charge is 0.341 e. The SMILES string of the molecule is CCCCCCCOc1cc(C#N)c(C(=O)OC2CCC(CCCCCCC)CC2)cn1. The topological polar surface area (TPSA) is 72.2 Å². The van der Waals surface area contributed by atoms with Gasteiger partial charge in [0, 0.05) is 12.3 Å². The van der Waals surface area contributed by atoms with Crippen LogP contribution in [0.3, 0.4) is 0 Å². The summed E-state index contributed by atoms with van der Waals surface area (Å²) >= 11 is 0. The van der Waals surface area contributed by atoms with E-state index in [0.29, 0.717) is 12.5 Å². The van der Waals surface area contributed by atoms with E-state index in [2.05, 4.69) is 24.9 Å². The van der Waals surface area contributed by atoms with Crippen LogP contribution in [-0.4, -0.2) is 23.7 Å². The average Bonchev–Trinajstić information content (AvgIpc) is 2.82. The molecule has 0 N–H and O–H groups in total. The molecule has 0 amide bonds. The maximum Gasteiger partial charge on any atom is 0.341 e. The largest absolute Gasteiger partial charge is 0.478 e. The summed E-state index contributed by atoms with van der Waals surface area (Å²) in [5, 5.41) is 9.50. The number of pyridine rings is 1. The first kappa shape index (κ1) is 26.2. The Bertz CT molecular complexity index is 705. The van der Waals surface area contributed by atoms with Gasteiger partial charge in [0.1, 0.15) is 12.2 Å². The second-order valence-corrected chi connectivity index (χ2v) is 9.19. The Labute approximate surface area is 194 Å². The number of hydrogen-bond donors (Lipinski definition) is 0. The van der Waals surface area contributed by atoms with Crippen LogP contribution in [0.4, 0.5) is 0 Å². The predicted molar refractivity (Wildman–Crippen MR) is 128 cm³/mol. The summed E-state index contributed by atoms with van der Waals surface area (Å²) in [5.41, 5.74) is 0.507. The molecule has 0 radical (unpaired) electrons. The van der Waals surface area contributed by atoms with E-state index in [-0.39, 0.29) is 17.2 Å². The Balaban J connectivity index is 1.74. The number of aromatic nitrogens is 1. The van der Waals surface area contributed by atoms with Crippen molar-refractivity contribution in [2.45, 2.75) is 116 Å². The number of nitriles is 1. The molecule has 1 aliphatic rings. The first-order valence-electron chi connectivity index (χ1n) is 12.9. The molecule has 0 atom stereocenters. The van der Waals surface area contributed by atoms with Crippen molar-refractivity contribution >= 4 is 5.97 Å². The van der Waals surface area contributed by atoms with Crippen molar-refractivity contribution in [3.63, 3.8) is 0 Å². The van der Waals surface area contributed by atoms with Crippen LogP contribution in [0.2, 0.25) is 0 Å². The van der Waals surface area contributed by atoms with E-state index in [0.717, 1.165) is 44.4 Å². The minimum Gasteiger partial charge on any atom is -0.478 e. The highest BCUT2D eigenvalue weighted by molar-refractivity contribution is 5.92. The summed E-state index contributed by atoms with van der Waals surface area (Å²) < 4.78 is 11.4. The summed E-state index contributed by atoms with van der Waals surface area (Å²) in [6.45, 7) is 5.02. The highest BCUT2D eigenvalue weighted by Crippen LogP contribution is 2.31. The summed E-state index contributed by atoms with van der Waals surface area (Å²) in [6, 6.07) is 3.65. The monoisotopic (exact) mass is 442 g/mol. The Hall–Kier alpha value is -2.09. The van der Waals surface area contributed by atoms with E-state index < -0.39 is 5.97 Å². The standard InChI is InChI=1S/C27H42N2O3/c1-3-5-7-9-11-13-22-14-16-24(17-15-22)32-27(30)25-21-29-26(19-23(25)20-28)31-18-12-10-8-6-4-2/h19,21-22,24H,3-18H2,1-2H3. The van der Waals surface area contributed by atoms with Gasteiger partial charge < -0.3 is 9.47 Å². The van der Waals surface area contributed by atoms with Crippen LogP contribution in [0, 0.1) is 17.2 Å². The molecule has 0 aromatic carbocycles. The van der Waals surface area contributed by atoms with Gasteiger partial charge in [0.25, 0.3) is 0 Å². The van der Waals surface area contributed by atoms with Gasteiger partial charge in [-0.25, -0.2) is 9.78 Å². The van der Waals surface area contributed by atoms with Crippen molar-refractivity contribution in [3.05, 3.63) is 23.4 Å². The number of nitrogens with zero attached hydrogens (tertiary/aromatic N) is 2. The van der Waals surface area contributed by atoms with E-state index in [1.54, 1.807) is 6.07 Å². The lowest BCUT2D eigenvalue weighted by Crippen LogP contribution is -2.25. The third kappa shape index (κ3) is 9.59. The molecule has 0 bridgehead atoms. The number of rotatable bonds is 15. The molecule has 1 aliphatic carbocycles. The Morgan fingerprint density at radius 3 is 2.31 bits per heavy atom. The average molecular weight is 443 g/mol. The molecular formula is C27H42N2O3. The van der Waals surface area contributed by atoms with Crippen LogP contribution in [-0.2, 0) is 4.74 Å². The summed E-state index contributed by atoms with van der Waals surface area (Å²) in [4.78, 5) is 16.9. The van der Waals surface area contributed by atoms with Crippen LogP contribution < -0.4 is 4.74 Å². The predicted octanol–water partition coefficient (Wildman–Crippen LogP) is 7.38. The van der Waals surface area contributed by atoms with Gasteiger partial charge in [0.05, 0.1) is 17.7 Å². The molecule has 2 rings (SSSR count). The van der Waals surface area contributed by atoms with Crippen LogP contribution in [0.5, 0.6) is 5.88 Å². The molecular weight excluding hydrogens is 400 g/mol. The van der Waals surface area contributed by atoms with Crippen LogP contribution in [0.1, 0.15) is 126 Å². The van der Waals surface area contributed by atoms with Crippen molar-refractivity contribution in [2.24, 2.45) is 5.92 Å². The Kier molecular flexibility index (Phi) is 12.8. The molecule has 1 heterocycles. The maximum absolute atomic E-state index is 12.7. The van der Waals surface area contributed by atoms with Crippen molar-refractivity contribution in [2.75, 3.05) is 6.61 Å². The fraction of sp³-hybridized carbons (Fsp3) is 0.741. The van der Waals surface area contributed by atoms with Gasteiger partial charge in [-0.05, 0) is 38.0 Å². The molecule has 5 nitrogen and oxygen atoms in total. The molecule has 0 spiro atoms. The lowest BCUT2D eigenvalue weighted by molar-refractivity contribution is 0.0160. The molecule has 5 heteroatoms. The number of unbranched alkanes of at least 4 members (excludes halogenated alkanes) is 8. The van der Waals surface area contributed by atoms with E-state index in [9.17, 15) is 10.1 Å². The molecule has 0 saturated heterocycles. The lowest BCUT2D eigenvalue weighted by atomic mass is 9.84. The number of esters is 1. The van der Waals surface area contributed by atoms with E-state index >= 15 is 0 Å². The Morgan fingerprint density at radius 1 is 1.00 bits per heavy atom. The second kappa shape index (κ2) is 15.7. The lowest BCUT2D eigenvalue weighted by Gasteiger charge is -2.28. The fourth-order valence-electron chi connectivity index (χ4n) is 4.44. The zero-order valence-corrected chi connectivity index (χ0v) is 20.2. The molecule has 1 aromatic heterocycles. The summed E-state index contributed by atoms with van der Waals surface area (Å²) in [7, 11) is 0. The zero-order chi connectivity index (χ0) is 23.0. The Morgan fingerprint density at radius 2 is 1.66 bits per heavy atom. The van der Waals surface area contributed by atoms with Gasteiger partial charge in [-0.3, -0.25) is 0 Å². The van der Waals surface area contributed by atoms with Crippen molar-refractivity contribution in [1.82, 2.24) is 4.98 Å². The van der Waals surface area contributed by atoms with Gasteiger partial charge in [-0.2, -0.15) is 5.26 Å². The molecule has 1 aromatic rings. The summed E-state index contributed by atoms with van der Waals surface area (Å²) in [6.07, 6.45) is 19.2. The van der Waals surface area contributed by atoms with Crippen LogP contribution in [0.25, 0.3) is 0 Å². The second-order valence-electron chi connectivity index (χ2n) is 9.19. The van der Waals surface area contributed by atoms with Crippen molar-refractivity contribution in [3.8, 4) is 11.9 Å². The van der Waals surface area contributed by atoms with Crippen molar-refractivity contribution in [1.29, 1.82) is 5.26 Å². The van der Waals surface area contributed by atoms with Crippen molar-refractivity contribution < 1.29 is 14.3 Å². The summed E-state index contributed by atoms with van der Waals surface area (Å²) in [5.74, 6) is 0.720. The zero-order valence-electron chi connectivity index (χ0n) is 20.2. The molecule has 1 saturated carbocycles. The van der Waals surface area contributed by atoms with Crippen LogP contribution >= 0.6 is 0 Å². The minimum atomic E-state index is -0.441. The van der Waals surface area contributed by atoms with E-state index in [4.69, 9.17) is 9.47 Å². The number of ether oxygens (including phenoxy) is 2. The number of carbonyl (C=O) groups is 1. The first-order valence-corrected chi connectivity index (χ1v) is 12.9.